The number of hydrogen-bond acceptors (Lipinski definition) is 5. The van der Waals surface area contributed by atoms with Gasteiger partial charge in [-0.05, 0) is 37.6 Å². The summed E-state index contributed by atoms with van der Waals surface area (Å²) >= 11 is 3.32. The SMILES string of the molecule is CCOC(=O)/C=C/C(=O)OCC(=O)Nc1ccc(Br)cc1C. The van der Waals surface area contributed by atoms with Crippen molar-refractivity contribution in [2.75, 3.05) is 18.5 Å². The molecule has 118 valence electrons. The number of amides is 1. The van der Waals surface area contributed by atoms with Crippen molar-refractivity contribution in [3.63, 3.8) is 0 Å². The van der Waals surface area contributed by atoms with Crippen molar-refractivity contribution in [1.29, 1.82) is 0 Å². The number of anilines is 1. The molecule has 1 aromatic carbocycles. The number of carbonyl (C=O) groups excluding carboxylic acids is 3. The second kappa shape index (κ2) is 8.99. The Morgan fingerprint density at radius 3 is 2.41 bits per heavy atom. The van der Waals surface area contributed by atoms with E-state index in [1.807, 2.05) is 13.0 Å². The quantitative estimate of drug-likeness (QED) is 0.614. The number of ether oxygens (including phenoxy) is 2. The van der Waals surface area contributed by atoms with Crippen LogP contribution < -0.4 is 5.32 Å². The lowest BCUT2D eigenvalue weighted by atomic mass is 10.2. The van der Waals surface area contributed by atoms with Gasteiger partial charge in [0.05, 0.1) is 6.61 Å². The van der Waals surface area contributed by atoms with E-state index in [0.29, 0.717) is 5.69 Å². The van der Waals surface area contributed by atoms with E-state index in [2.05, 4.69) is 26.0 Å². The van der Waals surface area contributed by atoms with E-state index in [1.54, 1.807) is 19.1 Å². The number of nitrogens with one attached hydrogen (secondary N) is 1. The van der Waals surface area contributed by atoms with Gasteiger partial charge in [0.15, 0.2) is 6.61 Å². The predicted octanol–water partition coefficient (Wildman–Crippen LogP) is 2.36. The van der Waals surface area contributed by atoms with E-state index in [-0.39, 0.29) is 6.61 Å². The lowest BCUT2D eigenvalue weighted by Gasteiger charge is -2.08. The van der Waals surface area contributed by atoms with E-state index < -0.39 is 24.5 Å². The molecule has 0 aliphatic carbocycles. The normalized spacial score (nSPS) is 10.3. The maximum Gasteiger partial charge on any atom is 0.331 e. The van der Waals surface area contributed by atoms with Crippen LogP contribution >= 0.6 is 15.9 Å². The number of hydrogen-bond donors (Lipinski definition) is 1. The largest absolute Gasteiger partial charge is 0.463 e. The predicted molar refractivity (Wildman–Crippen MR) is 84.2 cm³/mol. The van der Waals surface area contributed by atoms with Crippen LogP contribution in [-0.2, 0) is 23.9 Å². The molecule has 0 bridgehead atoms. The molecular weight excluding hydrogens is 354 g/mol. The minimum absolute atomic E-state index is 0.215. The summed E-state index contributed by atoms with van der Waals surface area (Å²) < 4.78 is 10.2. The molecule has 1 rings (SSSR count). The van der Waals surface area contributed by atoms with Gasteiger partial charge in [0.25, 0.3) is 5.91 Å². The third kappa shape index (κ3) is 6.53. The van der Waals surface area contributed by atoms with Gasteiger partial charge in [-0.25, -0.2) is 9.59 Å². The summed E-state index contributed by atoms with van der Waals surface area (Å²) in [7, 11) is 0. The summed E-state index contributed by atoms with van der Waals surface area (Å²) in [5, 5.41) is 2.63. The zero-order valence-corrected chi connectivity index (χ0v) is 13.8. The number of rotatable bonds is 6. The molecule has 0 aliphatic heterocycles. The van der Waals surface area contributed by atoms with Crippen molar-refractivity contribution in [3.8, 4) is 0 Å². The Morgan fingerprint density at radius 1 is 1.18 bits per heavy atom. The zero-order valence-electron chi connectivity index (χ0n) is 12.2. The molecule has 0 aliphatic rings. The first-order chi connectivity index (χ1) is 10.4. The van der Waals surface area contributed by atoms with Gasteiger partial charge < -0.3 is 14.8 Å². The summed E-state index contributed by atoms with van der Waals surface area (Å²) in [5.41, 5.74) is 1.50. The van der Waals surface area contributed by atoms with Crippen LogP contribution in [0.5, 0.6) is 0 Å². The highest BCUT2D eigenvalue weighted by Gasteiger charge is 2.08. The van der Waals surface area contributed by atoms with Gasteiger partial charge in [-0.1, -0.05) is 15.9 Å². The number of esters is 2. The number of carbonyl (C=O) groups is 3. The van der Waals surface area contributed by atoms with Gasteiger partial charge in [-0.2, -0.15) is 0 Å². The monoisotopic (exact) mass is 369 g/mol. The molecular formula is C15H16BrNO5. The molecule has 0 fully saturated rings. The molecule has 0 unspecified atom stereocenters. The average molecular weight is 370 g/mol. The molecule has 1 aromatic rings. The van der Waals surface area contributed by atoms with E-state index in [1.165, 1.54) is 0 Å². The highest BCUT2D eigenvalue weighted by molar-refractivity contribution is 9.10. The molecule has 6 nitrogen and oxygen atoms in total. The van der Waals surface area contributed by atoms with Crippen LogP contribution in [0.1, 0.15) is 12.5 Å². The van der Waals surface area contributed by atoms with Gasteiger partial charge in [0, 0.05) is 22.3 Å². The fourth-order valence-corrected chi connectivity index (χ4v) is 1.94. The Balaban J connectivity index is 2.42. The maximum absolute atomic E-state index is 11.7. The molecule has 22 heavy (non-hydrogen) atoms. The molecule has 0 radical (unpaired) electrons. The third-order valence-electron chi connectivity index (χ3n) is 2.45. The Morgan fingerprint density at radius 2 is 1.82 bits per heavy atom. The van der Waals surface area contributed by atoms with Crippen molar-refractivity contribution in [3.05, 3.63) is 40.4 Å². The van der Waals surface area contributed by atoms with Crippen molar-refractivity contribution >= 4 is 39.5 Å². The van der Waals surface area contributed by atoms with Crippen molar-refractivity contribution in [2.24, 2.45) is 0 Å². The molecule has 0 spiro atoms. The lowest BCUT2D eigenvalue weighted by molar-refractivity contribution is -0.143. The molecule has 0 saturated carbocycles. The summed E-state index contributed by atoms with van der Waals surface area (Å²) in [4.78, 5) is 34.0. The zero-order chi connectivity index (χ0) is 16.5. The van der Waals surface area contributed by atoms with Gasteiger partial charge in [-0.3, -0.25) is 4.79 Å². The first kappa shape index (κ1) is 17.9. The van der Waals surface area contributed by atoms with E-state index in [4.69, 9.17) is 4.74 Å². The standard InChI is InChI=1S/C15H16BrNO5/c1-3-21-14(19)6-7-15(20)22-9-13(18)17-12-5-4-11(16)8-10(12)2/h4-8H,3,9H2,1-2H3,(H,17,18)/b7-6+. The molecule has 0 saturated heterocycles. The first-order valence-electron chi connectivity index (χ1n) is 6.50. The fraction of sp³-hybridized carbons (Fsp3) is 0.267. The molecule has 0 aromatic heterocycles. The minimum atomic E-state index is -0.796. The smallest absolute Gasteiger partial charge is 0.331 e. The highest BCUT2D eigenvalue weighted by atomic mass is 79.9. The van der Waals surface area contributed by atoms with Crippen LogP contribution in [0.4, 0.5) is 5.69 Å². The van der Waals surface area contributed by atoms with Gasteiger partial charge in [-0.15, -0.1) is 0 Å². The maximum atomic E-state index is 11.7. The Hall–Kier alpha value is -2.15. The van der Waals surface area contributed by atoms with Crippen LogP contribution in [0.15, 0.2) is 34.8 Å². The number of aryl methyl sites for hydroxylation is 1. The third-order valence-corrected chi connectivity index (χ3v) is 2.94. The Labute approximate surface area is 136 Å². The Kier molecular flexibility index (Phi) is 7.31. The topological polar surface area (TPSA) is 81.7 Å². The van der Waals surface area contributed by atoms with E-state index in [0.717, 1.165) is 22.2 Å². The second-order valence-electron chi connectivity index (χ2n) is 4.20. The summed E-state index contributed by atoms with van der Waals surface area (Å²) in [5.74, 6) is -1.91. The van der Waals surface area contributed by atoms with Crippen LogP contribution in [0.2, 0.25) is 0 Å². The van der Waals surface area contributed by atoms with Crippen molar-refractivity contribution in [2.45, 2.75) is 13.8 Å². The van der Waals surface area contributed by atoms with Crippen molar-refractivity contribution < 1.29 is 23.9 Å². The number of benzene rings is 1. The highest BCUT2D eigenvalue weighted by Crippen LogP contribution is 2.19. The summed E-state index contributed by atoms with van der Waals surface area (Å²) in [6.45, 7) is 3.27. The molecule has 0 atom stereocenters. The summed E-state index contributed by atoms with van der Waals surface area (Å²) in [6.07, 6.45) is 1.86. The molecule has 1 N–H and O–H groups in total. The van der Waals surface area contributed by atoms with Crippen molar-refractivity contribution in [1.82, 2.24) is 0 Å². The molecule has 0 heterocycles. The molecule has 1 amide bonds. The first-order valence-corrected chi connectivity index (χ1v) is 7.29. The van der Waals surface area contributed by atoms with Crippen LogP contribution in [0.3, 0.4) is 0 Å². The fourth-order valence-electron chi connectivity index (χ4n) is 1.46. The minimum Gasteiger partial charge on any atom is -0.463 e. The average Bonchev–Trinajstić information content (AvgIpc) is 2.46. The van der Waals surface area contributed by atoms with E-state index >= 15 is 0 Å². The number of halogens is 1. The summed E-state index contributed by atoms with van der Waals surface area (Å²) in [6, 6.07) is 5.38. The van der Waals surface area contributed by atoms with Gasteiger partial charge in [0.1, 0.15) is 0 Å². The van der Waals surface area contributed by atoms with Crippen LogP contribution in [0.25, 0.3) is 0 Å². The van der Waals surface area contributed by atoms with Crippen LogP contribution in [-0.4, -0.2) is 31.1 Å². The van der Waals surface area contributed by atoms with E-state index in [9.17, 15) is 14.4 Å². The van der Waals surface area contributed by atoms with Gasteiger partial charge in [0.2, 0.25) is 0 Å². The van der Waals surface area contributed by atoms with Crippen LogP contribution in [0, 0.1) is 6.92 Å². The lowest BCUT2D eigenvalue weighted by Crippen LogP contribution is -2.20. The van der Waals surface area contributed by atoms with Gasteiger partial charge >= 0.3 is 11.9 Å². The Bertz CT molecular complexity index is 598. The second-order valence-corrected chi connectivity index (χ2v) is 5.12. The molecule has 7 heteroatoms.